The van der Waals surface area contributed by atoms with E-state index in [4.69, 9.17) is 5.11 Å². The van der Waals surface area contributed by atoms with E-state index in [0.717, 1.165) is 0 Å². The molecule has 0 aliphatic heterocycles. The largest absolute Gasteiger partial charge is 0.506 e. The van der Waals surface area contributed by atoms with Crippen molar-refractivity contribution in [1.29, 1.82) is 0 Å². The number of pyridine rings is 1. The molecule has 1 rings (SSSR count). The number of allylic oxidation sites excluding steroid dienone is 1. The van der Waals surface area contributed by atoms with E-state index < -0.39 is 0 Å². The van der Waals surface area contributed by atoms with Crippen molar-refractivity contribution in [2.75, 3.05) is 0 Å². The number of aromatic nitrogens is 1. The van der Waals surface area contributed by atoms with Crippen LogP contribution in [-0.2, 0) is 6.54 Å². The highest BCUT2D eigenvalue weighted by molar-refractivity contribution is 5.01. The maximum atomic E-state index is 8.88. The van der Waals surface area contributed by atoms with E-state index in [1.165, 1.54) is 5.56 Å². The van der Waals surface area contributed by atoms with Crippen LogP contribution in [0.15, 0.2) is 36.9 Å². The summed E-state index contributed by atoms with van der Waals surface area (Å²) in [6.07, 6.45) is 3.86. The molecule has 0 saturated heterocycles. The predicted molar refractivity (Wildman–Crippen MR) is 43.1 cm³/mol. The Kier molecular flexibility index (Phi) is 2.26. The van der Waals surface area contributed by atoms with E-state index in [1.807, 2.05) is 36.0 Å². The SMILES string of the molecule is C=C(O)C[n+]1cccc(C)c1. The van der Waals surface area contributed by atoms with Gasteiger partial charge in [-0.15, -0.1) is 0 Å². The summed E-state index contributed by atoms with van der Waals surface area (Å²) in [7, 11) is 0. The number of rotatable bonds is 2. The van der Waals surface area contributed by atoms with Crippen molar-refractivity contribution >= 4 is 0 Å². The van der Waals surface area contributed by atoms with E-state index >= 15 is 0 Å². The van der Waals surface area contributed by atoms with Crippen molar-refractivity contribution < 1.29 is 9.67 Å². The predicted octanol–water partition coefficient (Wildman–Crippen LogP) is 1.35. The maximum Gasteiger partial charge on any atom is 0.204 e. The lowest BCUT2D eigenvalue weighted by atomic mass is 10.3. The Morgan fingerprint density at radius 2 is 2.45 bits per heavy atom. The second kappa shape index (κ2) is 3.19. The summed E-state index contributed by atoms with van der Waals surface area (Å²) in [5, 5.41) is 8.88. The van der Waals surface area contributed by atoms with Gasteiger partial charge in [-0.05, 0) is 13.0 Å². The molecule has 0 radical (unpaired) electrons. The third kappa shape index (κ3) is 2.42. The highest BCUT2D eigenvalue weighted by Gasteiger charge is 2.00. The van der Waals surface area contributed by atoms with E-state index in [9.17, 15) is 0 Å². The summed E-state index contributed by atoms with van der Waals surface area (Å²) in [5.41, 5.74) is 1.17. The first-order valence-electron chi connectivity index (χ1n) is 3.51. The summed E-state index contributed by atoms with van der Waals surface area (Å²) in [5.74, 6) is 0.181. The zero-order valence-corrected chi connectivity index (χ0v) is 6.62. The van der Waals surface area contributed by atoms with Crippen molar-refractivity contribution in [3.05, 3.63) is 42.4 Å². The molecule has 0 atom stereocenters. The summed E-state index contributed by atoms with van der Waals surface area (Å²) in [6, 6.07) is 3.95. The minimum Gasteiger partial charge on any atom is -0.506 e. The Hall–Kier alpha value is -1.31. The smallest absolute Gasteiger partial charge is 0.204 e. The molecule has 58 valence electrons. The Balaban J connectivity index is 2.79. The lowest BCUT2D eigenvalue weighted by Crippen LogP contribution is -2.33. The van der Waals surface area contributed by atoms with Gasteiger partial charge in [-0.2, -0.15) is 4.57 Å². The first-order valence-corrected chi connectivity index (χ1v) is 3.51. The van der Waals surface area contributed by atoms with E-state index in [-0.39, 0.29) is 5.76 Å². The highest BCUT2D eigenvalue weighted by atomic mass is 16.3. The fourth-order valence-electron chi connectivity index (χ4n) is 0.962. The molecule has 1 aromatic heterocycles. The summed E-state index contributed by atoms with van der Waals surface area (Å²) in [6.45, 7) is 5.90. The molecule has 2 nitrogen and oxygen atoms in total. The summed E-state index contributed by atoms with van der Waals surface area (Å²) in [4.78, 5) is 0. The van der Waals surface area contributed by atoms with Gasteiger partial charge in [-0.3, -0.25) is 0 Å². The molecule has 0 spiro atoms. The van der Waals surface area contributed by atoms with Crippen molar-refractivity contribution in [3.63, 3.8) is 0 Å². The molecule has 2 heteroatoms. The van der Waals surface area contributed by atoms with Crippen LogP contribution in [0.1, 0.15) is 5.56 Å². The quantitative estimate of drug-likeness (QED) is 0.499. The highest BCUT2D eigenvalue weighted by Crippen LogP contribution is 1.90. The van der Waals surface area contributed by atoms with Gasteiger partial charge in [-0.25, -0.2) is 0 Å². The zero-order valence-electron chi connectivity index (χ0n) is 6.62. The Labute approximate surface area is 66.4 Å². The molecule has 11 heavy (non-hydrogen) atoms. The standard InChI is InChI=1S/C9H11NO/c1-8-4-3-5-10(6-8)7-9(2)11/h3-6H,2,7H2,1H3/p+1. The van der Waals surface area contributed by atoms with Crippen LogP contribution in [-0.4, -0.2) is 5.11 Å². The maximum absolute atomic E-state index is 8.88. The van der Waals surface area contributed by atoms with Gasteiger partial charge in [-0.1, -0.05) is 6.58 Å². The topological polar surface area (TPSA) is 24.1 Å². The third-order valence-electron chi connectivity index (χ3n) is 1.37. The Bertz CT molecular complexity index is 268. The lowest BCUT2D eigenvalue weighted by Gasteiger charge is -1.94. The molecule has 0 aliphatic carbocycles. The van der Waals surface area contributed by atoms with E-state index in [1.54, 1.807) is 0 Å². The molecule has 0 aliphatic rings. The number of nitrogens with zero attached hydrogens (tertiary/aromatic N) is 1. The zero-order chi connectivity index (χ0) is 8.27. The normalized spacial score (nSPS) is 9.55. The first-order chi connectivity index (χ1) is 5.18. The Morgan fingerprint density at radius 3 is 3.00 bits per heavy atom. The molecule has 1 aromatic rings. The van der Waals surface area contributed by atoms with Crippen LogP contribution >= 0.6 is 0 Å². The van der Waals surface area contributed by atoms with Crippen LogP contribution < -0.4 is 4.57 Å². The second-order valence-electron chi connectivity index (χ2n) is 2.62. The number of hydrogen-bond donors (Lipinski definition) is 1. The second-order valence-corrected chi connectivity index (χ2v) is 2.62. The Morgan fingerprint density at radius 1 is 1.73 bits per heavy atom. The third-order valence-corrected chi connectivity index (χ3v) is 1.37. The molecule has 0 unspecified atom stereocenters. The van der Waals surface area contributed by atoms with Crippen molar-refractivity contribution in [1.82, 2.24) is 0 Å². The fourth-order valence-corrected chi connectivity index (χ4v) is 0.962. The van der Waals surface area contributed by atoms with Gasteiger partial charge in [0.05, 0.1) is 0 Å². The van der Waals surface area contributed by atoms with Crippen LogP contribution in [0.3, 0.4) is 0 Å². The fraction of sp³-hybridized carbons (Fsp3) is 0.222. The molecule has 1 heterocycles. The molecular formula is C9H12NO+. The number of hydrogen-bond acceptors (Lipinski definition) is 1. The van der Waals surface area contributed by atoms with Gasteiger partial charge in [0.2, 0.25) is 6.54 Å². The molecule has 1 N–H and O–H groups in total. The molecular weight excluding hydrogens is 138 g/mol. The van der Waals surface area contributed by atoms with Gasteiger partial charge in [0.25, 0.3) is 0 Å². The van der Waals surface area contributed by atoms with E-state index in [0.29, 0.717) is 6.54 Å². The summed E-state index contributed by atoms with van der Waals surface area (Å²) < 4.78 is 1.89. The van der Waals surface area contributed by atoms with Gasteiger partial charge in [0.15, 0.2) is 18.2 Å². The first kappa shape index (κ1) is 7.79. The molecule has 0 saturated carbocycles. The lowest BCUT2D eigenvalue weighted by molar-refractivity contribution is -0.691. The van der Waals surface area contributed by atoms with Crippen LogP contribution in [0.25, 0.3) is 0 Å². The van der Waals surface area contributed by atoms with Gasteiger partial charge in [0, 0.05) is 11.6 Å². The molecule has 0 bridgehead atoms. The van der Waals surface area contributed by atoms with E-state index in [2.05, 4.69) is 6.58 Å². The monoisotopic (exact) mass is 150 g/mol. The van der Waals surface area contributed by atoms with Crippen LogP contribution in [0.5, 0.6) is 0 Å². The summed E-state index contributed by atoms with van der Waals surface area (Å²) >= 11 is 0. The number of aryl methyl sites for hydroxylation is 1. The average molecular weight is 150 g/mol. The average Bonchev–Trinajstić information content (AvgIpc) is 1.85. The van der Waals surface area contributed by atoms with Crippen LogP contribution in [0, 0.1) is 6.92 Å². The van der Waals surface area contributed by atoms with Crippen molar-refractivity contribution in [2.45, 2.75) is 13.5 Å². The van der Waals surface area contributed by atoms with Crippen molar-refractivity contribution in [2.24, 2.45) is 0 Å². The molecule has 0 fully saturated rings. The van der Waals surface area contributed by atoms with Crippen LogP contribution in [0.4, 0.5) is 0 Å². The van der Waals surface area contributed by atoms with Gasteiger partial charge in [0.1, 0.15) is 0 Å². The van der Waals surface area contributed by atoms with Crippen LogP contribution in [0.2, 0.25) is 0 Å². The van der Waals surface area contributed by atoms with Gasteiger partial charge >= 0.3 is 0 Å². The minimum atomic E-state index is 0.181. The van der Waals surface area contributed by atoms with Gasteiger partial charge < -0.3 is 5.11 Å². The minimum absolute atomic E-state index is 0.181. The number of aliphatic hydroxyl groups is 1. The molecule has 0 amide bonds. The number of aliphatic hydroxyl groups excluding tert-OH is 1. The molecule has 0 aromatic carbocycles. The van der Waals surface area contributed by atoms with Crippen molar-refractivity contribution in [3.8, 4) is 0 Å².